The molecule has 1 aliphatic heterocycles. The predicted octanol–water partition coefficient (Wildman–Crippen LogP) is 4.62. The van der Waals surface area contributed by atoms with E-state index >= 15 is 0 Å². The molecule has 4 N–H and O–H groups in total. The Kier molecular flexibility index (Phi) is 8.31. The molecule has 0 bridgehead atoms. The molecule has 222 valence electrons. The molecule has 4 aromatic rings. The number of nitrogens with zero attached hydrogens (tertiary/aromatic N) is 3. The first-order valence-electron chi connectivity index (χ1n) is 14.0. The van der Waals surface area contributed by atoms with Gasteiger partial charge in [0, 0.05) is 54.8 Å². The number of rotatable bonds is 8. The average molecular weight is 594 g/mol. The van der Waals surface area contributed by atoms with E-state index < -0.39 is 20.5 Å². The van der Waals surface area contributed by atoms with Crippen molar-refractivity contribution in [1.82, 2.24) is 25.2 Å². The Labute approximate surface area is 245 Å². The van der Waals surface area contributed by atoms with Gasteiger partial charge in [-0.3, -0.25) is 9.69 Å². The van der Waals surface area contributed by atoms with E-state index in [1.807, 2.05) is 38.2 Å². The highest BCUT2D eigenvalue weighted by molar-refractivity contribution is 7.90. The minimum absolute atomic E-state index is 0.0459. The summed E-state index contributed by atoms with van der Waals surface area (Å²) in [5.74, 6) is -0.831. The third-order valence-electron chi connectivity index (χ3n) is 7.53. The van der Waals surface area contributed by atoms with Gasteiger partial charge in [0.1, 0.15) is 4.90 Å². The summed E-state index contributed by atoms with van der Waals surface area (Å²) in [5.41, 5.74) is 3.56. The molecule has 10 nitrogen and oxygen atoms in total. The second kappa shape index (κ2) is 11.8. The van der Waals surface area contributed by atoms with Gasteiger partial charge in [-0.25, -0.2) is 22.8 Å². The van der Waals surface area contributed by atoms with Gasteiger partial charge in [-0.1, -0.05) is 25.1 Å². The zero-order chi connectivity index (χ0) is 30.2. The number of carbonyl (C=O) groups excluding carboxylic acids is 1. The summed E-state index contributed by atoms with van der Waals surface area (Å²) in [6.45, 7) is 9.77. The molecule has 5 rings (SSSR count). The number of amides is 1. The Bertz CT molecular complexity index is 1730. The van der Waals surface area contributed by atoms with Crippen LogP contribution in [0.25, 0.3) is 22.2 Å². The van der Waals surface area contributed by atoms with Crippen molar-refractivity contribution in [3.05, 3.63) is 60.2 Å². The molecule has 42 heavy (non-hydrogen) atoms. The molecule has 0 unspecified atom stereocenters. The highest BCUT2D eigenvalue weighted by atomic mass is 32.2. The van der Waals surface area contributed by atoms with Gasteiger partial charge in [-0.15, -0.1) is 0 Å². The number of hydrogen-bond donors (Lipinski definition) is 4. The van der Waals surface area contributed by atoms with E-state index in [0.717, 1.165) is 41.4 Å². The number of benzene rings is 2. The number of para-hydroxylation sites is 1. The maximum atomic E-state index is 15.0. The number of halogens is 1. The lowest BCUT2D eigenvalue weighted by molar-refractivity contribution is -0.122. The van der Waals surface area contributed by atoms with Crippen molar-refractivity contribution >= 4 is 44.0 Å². The third-order valence-corrected chi connectivity index (χ3v) is 8.64. The largest absolute Gasteiger partial charge is 0.359 e. The molecule has 0 spiro atoms. The summed E-state index contributed by atoms with van der Waals surface area (Å²) < 4.78 is 38.9. The van der Waals surface area contributed by atoms with Crippen LogP contribution in [0.15, 0.2) is 53.7 Å². The monoisotopic (exact) mass is 593 g/mol. The Morgan fingerprint density at radius 2 is 1.83 bits per heavy atom. The van der Waals surface area contributed by atoms with Crippen LogP contribution >= 0.6 is 0 Å². The SMILES string of the molecule is CC[C@@H](C(=O)Nc1cccc2c(-c3nc(Nc4cccc(S(C)(=O)=O)c4F)ncc3C)c[nH]c12)N1C[C@@H](C)N[C@H](C)C1. The number of H-pyrrole nitrogens is 1. The maximum Gasteiger partial charge on any atom is 0.241 e. The molecule has 1 amide bonds. The predicted molar refractivity (Wildman–Crippen MR) is 163 cm³/mol. The van der Waals surface area contributed by atoms with Crippen molar-refractivity contribution in [2.24, 2.45) is 0 Å². The lowest BCUT2D eigenvalue weighted by Gasteiger charge is -2.40. The third kappa shape index (κ3) is 6.01. The van der Waals surface area contributed by atoms with Crippen LogP contribution < -0.4 is 16.0 Å². The van der Waals surface area contributed by atoms with Crippen molar-refractivity contribution in [2.75, 3.05) is 30.0 Å². The summed E-state index contributed by atoms with van der Waals surface area (Å²) in [7, 11) is -3.75. The van der Waals surface area contributed by atoms with Crippen LogP contribution in [0.4, 0.5) is 21.7 Å². The van der Waals surface area contributed by atoms with Gasteiger partial charge >= 0.3 is 0 Å². The second-order valence-corrected chi connectivity index (χ2v) is 13.0. The molecule has 12 heteroatoms. The van der Waals surface area contributed by atoms with Gasteiger partial charge in [0.15, 0.2) is 15.7 Å². The maximum absolute atomic E-state index is 15.0. The molecule has 1 saturated heterocycles. The number of piperazine rings is 1. The number of aromatic amines is 1. The molecular formula is C30H36FN7O3S. The van der Waals surface area contributed by atoms with Gasteiger partial charge in [-0.05, 0) is 51.0 Å². The van der Waals surface area contributed by atoms with Crippen molar-refractivity contribution in [1.29, 1.82) is 0 Å². The number of aryl methyl sites for hydroxylation is 1. The van der Waals surface area contributed by atoms with E-state index in [0.29, 0.717) is 29.9 Å². The lowest BCUT2D eigenvalue weighted by Crippen LogP contribution is -2.59. The Morgan fingerprint density at radius 1 is 1.14 bits per heavy atom. The van der Waals surface area contributed by atoms with Crippen LogP contribution in [0.5, 0.6) is 0 Å². The first-order valence-corrected chi connectivity index (χ1v) is 15.9. The number of aromatic nitrogens is 3. The van der Waals surface area contributed by atoms with E-state index in [-0.39, 0.29) is 23.6 Å². The van der Waals surface area contributed by atoms with Crippen molar-refractivity contribution < 1.29 is 17.6 Å². The van der Waals surface area contributed by atoms with Gasteiger partial charge < -0.3 is 20.9 Å². The zero-order valence-electron chi connectivity index (χ0n) is 24.3. The Morgan fingerprint density at radius 3 is 2.52 bits per heavy atom. The van der Waals surface area contributed by atoms with E-state index in [9.17, 15) is 17.6 Å². The zero-order valence-corrected chi connectivity index (χ0v) is 25.1. The number of fused-ring (bicyclic) bond motifs is 1. The summed E-state index contributed by atoms with van der Waals surface area (Å²) in [5, 5.41) is 10.3. The Balaban J connectivity index is 1.43. The first-order chi connectivity index (χ1) is 20.0. The fourth-order valence-electron chi connectivity index (χ4n) is 5.69. The number of carbonyl (C=O) groups is 1. The van der Waals surface area contributed by atoms with Crippen molar-refractivity contribution in [2.45, 2.75) is 57.1 Å². The van der Waals surface area contributed by atoms with Crippen molar-refractivity contribution in [3.8, 4) is 11.3 Å². The molecule has 2 aromatic carbocycles. The first kappa shape index (κ1) is 29.6. The average Bonchev–Trinajstić information content (AvgIpc) is 3.35. The fourth-order valence-corrected chi connectivity index (χ4v) is 6.45. The molecule has 0 saturated carbocycles. The minimum atomic E-state index is -3.75. The van der Waals surface area contributed by atoms with E-state index in [1.54, 1.807) is 6.20 Å². The minimum Gasteiger partial charge on any atom is -0.359 e. The standard InChI is InChI=1S/C30H36FN7O3S/c1-6-24(38-15-18(3)34-19(4)16-38)29(39)35-23-11-7-9-20-21(14-32-28(20)23)27-17(2)13-33-30(37-27)36-22-10-8-12-25(26(22)31)42(5,40)41/h7-14,18-19,24,32,34H,6,15-16H2,1-5H3,(H,35,39)(H,33,36,37)/t18-,19-,24+/m1/s1. The van der Waals surface area contributed by atoms with Crippen LogP contribution in [0, 0.1) is 12.7 Å². The molecule has 0 radical (unpaired) electrons. The highest BCUT2D eigenvalue weighted by Gasteiger charge is 2.30. The number of hydrogen-bond acceptors (Lipinski definition) is 8. The smallest absolute Gasteiger partial charge is 0.241 e. The summed E-state index contributed by atoms with van der Waals surface area (Å²) in [6.07, 6.45) is 5.09. The number of sulfone groups is 1. The van der Waals surface area contributed by atoms with Crippen molar-refractivity contribution in [3.63, 3.8) is 0 Å². The van der Waals surface area contributed by atoms with Crippen LogP contribution in [-0.4, -0.2) is 71.6 Å². The molecule has 3 heterocycles. The fraction of sp³-hybridized carbons (Fsp3) is 0.367. The van der Waals surface area contributed by atoms with Gasteiger partial charge in [-0.2, -0.15) is 0 Å². The van der Waals surface area contributed by atoms with Crippen LogP contribution in [-0.2, 0) is 14.6 Å². The Hall–Kier alpha value is -3.87. The highest BCUT2D eigenvalue weighted by Crippen LogP contribution is 2.34. The van der Waals surface area contributed by atoms with E-state index in [2.05, 4.69) is 49.6 Å². The molecule has 2 aromatic heterocycles. The summed E-state index contributed by atoms with van der Waals surface area (Å²) >= 11 is 0. The lowest BCUT2D eigenvalue weighted by atomic mass is 10.0. The van der Waals surface area contributed by atoms with E-state index in [4.69, 9.17) is 0 Å². The molecule has 0 aliphatic carbocycles. The van der Waals surface area contributed by atoms with Gasteiger partial charge in [0.2, 0.25) is 11.9 Å². The summed E-state index contributed by atoms with van der Waals surface area (Å²) in [4.78, 5) is 27.5. The number of nitrogens with one attached hydrogen (secondary N) is 4. The van der Waals surface area contributed by atoms with Crippen LogP contribution in [0.1, 0.15) is 32.8 Å². The van der Waals surface area contributed by atoms with Gasteiger partial charge in [0.05, 0.1) is 28.6 Å². The molecule has 1 fully saturated rings. The summed E-state index contributed by atoms with van der Waals surface area (Å²) in [6, 6.07) is 10.2. The quantitative estimate of drug-likeness (QED) is 0.233. The topological polar surface area (TPSA) is 132 Å². The molecule has 3 atom stereocenters. The second-order valence-electron chi connectivity index (χ2n) is 11.0. The normalized spacial score (nSPS) is 18.6. The number of anilines is 3. The van der Waals surface area contributed by atoms with Crippen LogP contribution in [0.2, 0.25) is 0 Å². The van der Waals surface area contributed by atoms with E-state index in [1.165, 1.54) is 18.2 Å². The van der Waals surface area contributed by atoms with Gasteiger partial charge in [0.25, 0.3) is 0 Å². The van der Waals surface area contributed by atoms with Crippen LogP contribution in [0.3, 0.4) is 0 Å². The molecular weight excluding hydrogens is 557 g/mol. The molecule has 1 aliphatic rings.